The fourth-order valence-corrected chi connectivity index (χ4v) is 3.44. The first-order chi connectivity index (χ1) is 9.32. The quantitative estimate of drug-likeness (QED) is 0.697. The van der Waals surface area contributed by atoms with Crippen LogP contribution in [-0.4, -0.2) is 26.8 Å². The molecule has 6 heteroatoms. The average molecular weight is 363 g/mol. The summed E-state index contributed by atoms with van der Waals surface area (Å²) in [4.78, 5) is 0. The molecule has 0 unspecified atom stereocenters. The number of hydrogen-bond donors (Lipinski definition) is 2. The molecule has 1 aromatic carbocycles. The number of anilines is 1. The third-order valence-corrected chi connectivity index (χ3v) is 5.26. The smallest absolute Gasteiger partial charge is 0.232 e. The number of unbranched alkanes of at least 4 members (excludes halogenated alkanes) is 1. The molecular formula is C14H23BrN2O2S. The van der Waals surface area contributed by atoms with E-state index in [9.17, 15) is 8.42 Å². The summed E-state index contributed by atoms with van der Waals surface area (Å²) in [6.45, 7) is 6.93. The summed E-state index contributed by atoms with van der Waals surface area (Å²) in [5, 5.41) is 3.28. The summed E-state index contributed by atoms with van der Waals surface area (Å²) in [7, 11) is -3.28. The largest absolute Gasteiger partial charge is 0.315 e. The topological polar surface area (TPSA) is 58.2 Å². The molecule has 0 amide bonds. The Hall–Kier alpha value is -0.590. The Morgan fingerprint density at radius 1 is 1.25 bits per heavy atom. The van der Waals surface area contributed by atoms with Crippen molar-refractivity contribution in [2.24, 2.45) is 0 Å². The highest BCUT2D eigenvalue weighted by atomic mass is 79.9. The molecule has 0 aliphatic heterocycles. The first kappa shape index (κ1) is 17.5. The van der Waals surface area contributed by atoms with Crippen molar-refractivity contribution in [2.75, 3.05) is 17.0 Å². The zero-order valence-electron chi connectivity index (χ0n) is 12.2. The SMILES string of the molecule is Cc1cccc(NS(=O)(=O)CCCCNC(C)C)c1Br. The Labute approximate surface area is 130 Å². The van der Waals surface area contributed by atoms with Gasteiger partial charge in [-0.2, -0.15) is 0 Å². The van der Waals surface area contributed by atoms with Crippen LogP contribution in [-0.2, 0) is 10.0 Å². The molecule has 0 aliphatic rings. The van der Waals surface area contributed by atoms with E-state index in [-0.39, 0.29) is 5.75 Å². The fraction of sp³-hybridized carbons (Fsp3) is 0.571. The van der Waals surface area contributed by atoms with Crippen LogP contribution in [0.25, 0.3) is 0 Å². The number of aryl methyl sites for hydroxylation is 1. The minimum Gasteiger partial charge on any atom is -0.315 e. The highest BCUT2D eigenvalue weighted by molar-refractivity contribution is 9.10. The third kappa shape index (κ3) is 6.24. The highest BCUT2D eigenvalue weighted by Crippen LogP contribution is 2.26. The van der Waals surface area contributed by atoms with Crippen LogP contribution in [0.5, 0.6) is 0 Å². The fourth-order valence-electron chi connectivity index (χ4n) is 1.75. The van der Waals surface area contributed by atoms with Gasteiger partial charge in [-0.25, -0.2) is 8.42 Å². The molecule has 20 heavy (non-hydrogen) atoms. The lowest BCUT2D eigenvalue weighted by Crippen LogP contribution is -2.24. The van der Waals surface area contributed by atoms with Crippen molar-refractivity contribution in [1.29, 1.82) is 0 Å². The van der Waals surface area contributed by atoms with Crippen LogP contribution >= 0.6 is 15.9 Å². The molecule has 4 nitrogen and oxygen atoms in total. The van der Waals surface area contributed by atoms with Gasteiger partial charge >= 0.3 is 0 Å². The Kier molecular flexibility index (Phi) is 6.99. The molecule has 0 saturated heterocycles. The predicted octanol–water partition coefficient (Wildman–Crippen LogP) is 3.28. The van der Waals surface area contributed by atoms with E-state index >= 15 is 0 Å². The standard InChI is InChI=1S/C14H23BrN2O2S/c1-11(2)16-9-4-5-10-20(18,19)17-13-8-6-7-12(3)14(13)15/h6-8,11,16-17H,4-5,9-10H2,1-3H3. The molecule has 2 N–H and O–H groups in total. The lowest BCUT2D eigenvalue weighted by molar-refractivity contribution is 0.561. The number of hydrogen-bond acceptors (Lipinski definition) is 3. The molecular weight excluding hydrogens is 340 g/mol. The van der Waals surface area contributed by atoms with Crippen LogP contribution in [0, 0.1) is 6.92 Å². The second-order valence-electron chi connectivity index (χ2n) is 5.17. The van der Waals surface area contributed by atoms with E-state index in [2.05, 4.69) is 39.8 Å². The Balaban J connectivity index is 2.47. The van der Waals surface area contributed by atoms with E-state index in [4.69, 9.17) is 0 Å². The van der Waals surface area contributed by atoms with Gasteiger partial charge in [-0.3, -0.25) is 4.72 Å². The molecule has 0 spiro atoms. The van der Waals surface area contributed by atoms with E-state index in [0.717, 1.165) is 23.0 Å². The van der Waals surface area contributed by atoms with Crippen molar-refractivity contribution in [3.8, 4) is 0 Å². The normalized spacial score (nSPS) is 11.8. The van der Waals surface area contributed by atoms with Gasteiger partial charge in [-0.15, -0.1) is 0 Å². The van der Waals surface area contributed by atoms with Gasteiger partial charge in [0.2, 0.25) is 10.0 Å². The molecule has 0 aliphatic carbocycles. The number of benzene rings is 1. The zero-order valence-corrected chi connectivity index (χ0v) is 14.6. The predicted molar refractivity (Wildman–Crippen MR) is 88.7 cm³/mol. The monoisotopic (exact) mass is 362 g/mol. The van der Waals surface area contributed by atoms with Gasteiger partial charge in [-0.1, -0.05) is 26.0 Å². The molecule has 1 rings (SSSR count). The van der Waals surface area contributed by atoms with Crippen LogP contribution in [0.1, 0.15) is 32.3 Å². The third-order valence-electron chi connectivity index (χ3n) is 2.85. The summed E-state index contributed by atoms with van der Waals surface area (Å²) >= 11 is 3.40. The molecule has 0 heterocycles. The zero-order chi connectivity index (χ0) is 15.2. The van der Waals surface area contributed by atoms with Gasteiger partial charge in [0.05, 0.1) is 11.4 Å². The molecule has 0 atom stereocenters. The lowest BCUT2D eigenvalue weighted by atomic mass is 10.2. The van der Waals surface area contributed by atoms with Crippen LogP contribution < -0.4 is 10.0 Å². The van der Waals surface area contributed by atoms with Crippen molar-refractivity contribution in [3.05, 3.63) is 28.2 Å². The summed E-state index contributed by atoms with van der Waals surface area (Å²) in [5.41, 5.74) is 1.61. The molecule has 0 radical (unpaired) electrons. The first-order valence-corrected chi connectivity index (χ1v) is 9.25. The Bertz CT molecular complexity index is 530. The van der Waals surface area contributed by atoms with Crippen molar-refractivity contribution in [3.63, 3.8) is 0 Å². The molecule has 0 aromatic heterocycles. The second kappa shape index (κ2) is 8.00. The minimum atomic E-state index is -3.28. The Morgan fingerprint density at radius 2 is 1.95 bits per heavy atom. The first-order valence-electron chi connectivity index (χ1n) is 6.81. The number of rotatable bonds is 8. The van der Waals surface area contributed by atoms with Crippen LogP contribution in [0.2, 0.25) is 0 Å². The van der Waals surface area contributed by atoms with Gasteiger partial charge in [0.25, 0.3) is 0 Å². The number of nitrogens with one attached hydrogen (secondary N) is 2. The van der Waals surface area contributed by atoms with E-state index < -0.39 is 10.0 Å². The second-order valence-corrected chi connectivity index (χ2v) is 7.81. The molecule has 0 bridgehead atoms. The van der Waals surface area contributed by atoms with Crippen molar-refractivity contribution < 1.29 is 8.42 Å². The van der Waals surface area contributed by atoms with Crippen molar-refractivity contribution >= 4 is 31.6 Å². The van der Waals surface area contributed by atoms with Gasteiger partial charge in [-0.05, 0) is 53.9 Å². The Morgan fingerprint density at radius 3 is 2.60 bits per heavy atom. The van der Waals surface area contributed by atoms with Gasteiger partial charge < -0.3 is 5.32 Å². The average Bonchev–Trinajstić information content (AvgIpc) is 2.34. The van der Waals surface area contributed by atoms with Gasteiger partial charge in [0, 0.05) is 10.5 Å². The van der Waals surface area contributed by atoms with Crippen LogP contribution in [0.3, 0.4) is 0 Å². The maximum atomic E-state index is 12.0. The summed E-state index contributed by atoms with van der Waals surface area (Å²) < 4.78 is 27.4. The van der Waals surface area contributed by atoms with Crippen LogP contribution in [0.15, 0.2) is 22.7 Å². The minimum absolute atomic E-state index is 0.146. The van der Waals surface area contributed by atoms with E-state index in [1.54, 1.807) is 6.07 Å². The van der Waals surface area contributed by atoms with Gasteiger partial charge in [0.1, 0.15) is 0 Å². The van der Waals surface area contributed by atoms with Crippen LogP contribution in [0.4, 0.5) is 5.69 Å². The maximum Gasteiger partial charge on any atom is 0.232 e. The maximum absolute atomic E-state index is 12.0. The lowest BCUT2D eigenvalue weighted by Gasteiger charge is -2.11. The summed E-state index contributed by atoms with van der Waals surface area (Å²) in [6, 6.07) is 5.96. The summed E-state index contributed by atoms with van der Waals surface area (Å²) in [6.07, 6.45) is 1.51. The number of sulfonamides is 1. The molecule has 0 saturated carbocycles. The van der Waals surface area contributed by atoms with E-state index in [1.165, 1.54) is 0 Å². The number of halogens is 1. The van der Waals surface area contributed by atoms with Gasteiger partial charge in [0.15, 0.2) is 0 Å². The van der Waals surface area contributed by atoms with Crippen molar-refractivity contribution in [1.82, 2.24) is 5.32 Å². The summed E-state index contributed by atoms with van der Waals surface area (Å²) in [5.74, 6) is 0.146. The highest BCUT2D eigenvalue weighted by Gasteiger charge is 2.12. The van der Waals surface area contributed by atoms with Crippen molar-refractivity contribution in [2.45, 2.75) is 39.7 Å². The molecule has 1 aromatic rings. The van der Waals surface area contributed by atoms with E-state index in [1.807, 2.05) is 19.1 Å². The van der Waals surface area contributed by atoms with E-state index in [0.29, 0.717) is 18.2 Å². The molecule has 0 fully saturated rings. The molecule has 114 valence electrons.